The highest BCUT2D eigenvalue weighted by Crippen LogP contribution is 2.61. The number of carbonyl (C=O) groups excluding carboxylic acids is 1. The average molecular weight is 419 g/mol. The van der Waals surface area contributed by atoms with E-state index in [9.17, 15) is 13.2 Å². The first-order valence-corrected chi connectivity index (χ1v) is 12.5. The predicted molar refractivity (Wildman–Crippen MR) is 114 cm³/mol. The number of hydrogen-bond donors (Lipinski definition) is 2. The summed E-state index contributed by atoms with van der Waals surface area (Å²) in [6.45, 7) is 5.94. The lowest BCUT2D eigenvalue weighted by atomic mass is 9.48. The minimum absolute atomic E-state index is 0.0584. The first kappa shape index (κ1) is 20.9. The monoisotopic (exact) mass is 418 g/mol. The van der Waals surface area contributed by atoms with Crippen molar-refractivity contribution in [1.29, 1.82) is 0 Å². The highest BCUT2D eigenvalue weighted by Gasteiger charge is 2.53. The highest BCUT2D eigenvalue weighted by molar-refractivity contribution is 7.89. The summed E-state index contributed by atoms with van der Waals surface area (Å²) in [6.07, 6.45) is 8.08. The van der Waals surface area contributed by atoms with E-state index < -0.39 is 10.0 Å². The summed E-state index contributed by atoms with van der Waals surface area (Å²) < 4.78 is 27.8. The van der Waals surface area contributed by atoms with E-state index in [2.05, 4.69) is 17.0 Å². The number of hydrogen-bond acceptors (Lipinski definition) is 3. The van der Waals surface area contributed by atoms with Crippen molar-refractivity contribution in [3.8, 4) is 0 Å². The van der Waals surface area contributed by atoms with Crippen molar-refractivity contribution >= 4 is 15.9 Å². The van der Waals surface area contributed by atoms with E-state index in [0.717, 1.165) is 23.3 Å². The van der Waals surface area contributed by atoms with Crippen molar-refractivity contribution in [3.05, 3.63) is 29.3 Å². The lowest BCUT2D eigenvalue weighted by Crippen LogP contribution is -2.56. The molecule has 0 saturated heterocycles. The Hall–Kier alpha value is -1.40. The molecule has 2 N–H and O–H groups in total. The van der Waals surface area contributed by atoms with Gasteiger partial charge in [0.2, 0.25) is 15.9 Å². The van der Waals surface area contributed by atoms with E-state index >= 15 is 0 Å². The maximum Gasteiger partial charge on any atom is 0.240 e. The van der Waals surface area contributed by atoms with Crippen LogP contribution in [0.5, 0.6) is 0 Å². The maximum absolute atomic E-state index is 12.6. The summed E-state index contributed by atoms with van der Waals surface area (Å²) in [7, 11) is -3.60. The van der Waals surface area contributed by atoms with Gasteiger partial charge in [-0.2, -0.15) is 0 Å². The van der Waals surface area contributed by atoms with Crippen LogP contribution < -0.4 is 10.0 Å². The van der Waals surface area contributed by atoms with Crippen molar-refractivity contribution in [1.82, 2.24) is 10.0 Å². The lowest BCUT2D eigenvalue weighted by Gasteiger charge is -2.59. The zero-order valence-electron chi connectivity index (χ0n) is 17.8. The number of rotatable bonds is 7. The number of aryl methyl sites for hydroxylation is 2. The van der Waals surface area contributed by atoms with Gasteiger partial charge in [-0.05, 0) is 99.7 Å². The third-order valence-electron chi connectivity index (χ3n) is 7.66. The molecule has 1 amide bonds. The minimum atomic E-state index is -3.60. The SMILES string of the molecule is Cc1ccc(C)c(S(=O)(=O)NCCC(=O)NC(C)C23CC4CC(CC(C4)C2)C3)c1. The molecule has 4 saturated carbocycles. The molecule has 4 aliphatic carbocycles. The molecule has 0 spiro atoms. The molecule has 0 heterocycles. The molecule has 1 aromatic rings. The predicted octanol–water partition coefficient (Wildman–Crippen LogP) is 3.69. The number of benzene rings is 1. The van der Waals surface area contributed by atoms with Gasteiger partial charge in [-0.15, -0.1) is 0 Å². The standard InChI is InChI=1S/C23H34N2O3S/c1-15-4-5-16(2)21(8-15)29(27,28)24-7-6-22(26)25-17(3)23-12-18-9-19(13-23)11-20(10-18)14-23/h4-5,8,17-20,24H,6-7,9-14H2,1-3H3,(H,25,26). The van der Waals surface area contributed by atoms with Crippen molar-refractivity contribution in [2.45, 2.75) is 76.7 Å². The molecule has 160 valence electrons. The summed E-state index contributed by atoms with van der Waals surface area (Å²) in [6, 6.07) is 5.54. The van der Waals surface area contributed by atoms with Crippen LogP contribution in [0.3, 0.4) is 0 Å². The Morgan fingerprint density at radius 2 is 1.69 bits per heavy atom. The molecule has 0 aromatic heterocycles. The van der Waals surface area contributed by atoms with Crippen molar-refractivity contribution in [2.75, 3.05) is 6.54 Å². The van der Waals surface area contributed by atoms with Crippen LogP contribution in [0.2, 0.25) is 0 Å². The maximum atomic E-state index is 12.6. The van der Waals surface area contributed by atoms with E-state index in [1.54, 1.807) is 13.0 Å². The van der Waals surface area contributed by atoms with E-state index in [-0.39, 0.29) is 30.3 Å². The van der Waals surface area contributed by atoms with Crippen LogP contribution in [0.1, 0.15) is 63.0 Å². The smallest absolute Gasteiger partial charge is 0.240 e. The Kier molecular flexibility index (Phi) is 5.53. The van der Waals surface area contributed by atoms with Crippen LogP contribution in [0.4, 0.5) is 0 Å². The van der Waals surface area contributed by atoms with Gasteiger partial charge in [-0.3, -0.25) is 4.79 Å². The minimum Gasteiger partial charge on any atom is -0.353 e. The molecular weight excluding hydrogens is 384 g/mol. The summed E-state index contributed by atoms with van der Waals surface area (Å²) >= 11 is 0. The van der Waals surface area contributed by atoms with Gasteiger partial charge in [0.15, 0.2) is 0 Å². The Labute approximate surface area is 175 Å². The molecule has 4 bridgehead atoms. The summed E-state index contributed by atoms with van der Waals surface area (Å²) in [5, 5.41) is 3.21. The third kappa shape index (κ3) is 4.24. The zero-order chi connectivity index (χ0) is 20.8. The fraction of sp³-hybridized carbons (Fsp3) is 0.696. The van der Waals surface area contributed by atoms with Crippen molar-refractivity contribution in [2.24, 2.45) is 23.2 Å². The average Bonchev–Trinajstić information content (AvgIpc) is 2.62. The van der Waals surface area contributed by atoms with Crippen LogP contribution in [-0.4, -0.2) is 26.9 Å². The Balaban J connectivity index is 1.31. The Morgan fingerprint density at radius 1 is 1.10 bits per heavy atom. The normalized spacial score (nSPS) is 31.6. The molecule has 4 fully saturated rings. The van der Waals surface area contributed by atoms with Gasteiger partial charge < -0.3 is 5.32 Å². The Bertz CT molecular complexity index is 858. The summed E-state index contributed by atoms with van der Waals surface area (Å²) in [5.74, 6) is 2.50. The molecule has 1 aromatic carbocycles. The number of sulfonamides is 1. The van der Waals surface area contributed by atoms with Gasteiger partial charge in [-0.25, -0.2) is 13.1 Å². The van der Waals surface area contributed by atoms with E-state index in [4.69, 9.17) is 0 Å². The number of carbonyl (C=O) groups is 1. The van der Waals surface area contributed by atoms with Gasteiger partial charge in [0.05, 0.1) is 4.90 Å². The molecule has 6 heteroatoms. The largest absolute Gasteiger partial charge is 0.353 e. The third-order valence-corrected chi connectivity index (χ3v) is 9.26. The molecule has 0 aliphatic heterocycles. The summed E-state index contributed by atoms with van der Waals surface area (Å²) in [4.78, 5) is 12.8. The molecule has 1 atom stereocenters. The highest BCUT2D eigenvalue weighted by atomic mass is 32.2. The first-order valence-electron chi connectivity index (χ1n) is 11.0. The fourth-order valence-corrected chi connectivity index (χ4v) is 7.91. The van der Waals surface area contributed by atoms with Crippen LogP contribution in [0.25, 0.3) is 0 Å². The molecule has 29 heavy (non-hydrogen) atoms. The Morgan fingerprint density at radius 3 is 2.28 bits per heavy atom. The second-order valence-electron chi connectivity index (χ2n) is 9.99. The van der Waals surface area contributed by atoms with E-state index in [1.165, 1.54) is 38.5 Å². The zero-order valence-corrected chi connectivity index (χ0v) is 18.6. The second-order valence-corrected chi connectivity index (χ2v) is 11.7. The van der Waals surface area contributed by atoms with Crippen molar-refractivity contribution in [3.63, 3.8) is 0 Å². The molecule has 5 rings (SSSR count). The quantitative estimate of drug-likeness (QED) is 0.709. The van der Waals surface area contributed by atoms with Gasteiger partial charge in [0.1, 0.15) is 0 Å². The second kappa shape index (κ2) is 7.69. The molecule has 5 nitrogen and oxygen atoms in total. The lowest BCUT2D eigenvalue weighted by molar-refractivity contribution is -0.125. The van der Waals surface area contributed by atoms with Crippen LogP contribution >= 0.6 is 0 Å². The fourth-order valence-electron chi connectivity index (χ4n) is 6.55. The van der Waals surface area contributed by atoms with Crippen LogP contribution in [0, 0.1) is 37.0 Å². The first-order chi connectivity index (χ1) is 13.7. The molecule has 1 unspecified atom stereocenters. The molecular formula is C23H34N2O3S. The molecule has 4 aliphatic rings. The van der Waals surface area contributed by atoms with Crippen LogP contribution in [-0.2, 0) is 14.8 Å². The summed E-state index contributed by atoms with van der Waals surface area (Å²) in [5.41, 5.74) is 1.88. The van der Waals surface area contributed by atoms with Crippen molar-refractivity contribution < 1.29 is 13.2 Å². The van der Waals surface area contributed by atoms with E-state index in [0.29, 0.717) is 10.5 Å². The van der Waals surface area contributed by atoms with Gasteiger partial charge in [0, 0.05) is 19.0 Å². The van der Waals surface area contributed by atoms with Gasteiger partial charge in [-0.1, -0.05) is 12.1 Å². The van der Waals surface area contributed by atoms with E-state index in [1.807, 2.05) is 19.1 Å². The topological polar surface area (TPSA) is 75.3 Å². The van der Waals surface area contributed by atoms with Crippen LogP contribution in [0.15, 0.2) is 23.1 Å². The number of amides is 1. The van der Waals surface area contributed by atoms with Gasteiger partial charge in [0.25, 0.3) is 0 Å². The number of nitrogens with one attached hydrogen (secondary N) is 2. The van der Waals surface area contributed by atoms with Gasteiger partial charge >= 0.3 is 0 Å². The molecule has 0 radical (unpaired) electrons.